The molecule has 0 bridgehead atoms. The predicted molar refractivity (Wildman–Crippen MR) is 55.1 cm³/mol. The van der Waals surface area contributed by atoms with Crippen LogP contribution >= 0.6 is 0 Å². The van der Waals surface area contributed by atoms with Crippen LogP contribution in [-0.4, -0.2) is 17.5 Å². The Morgan fingerprint density at radius 3 is 2.57 bits per heavy atom. The third-order valence-corrected chi connectivity index (χ3v) is 1.67. The minimum Gasteiger partial charge on any atom is -0.468 e. The van der Waals surface area contributed by atoms with Crippen LogP contribution in [0.1, 0.15) is 6.92 Å². The van der Waals surface area contributed by atoms with E-state index in [2.05, 4.69) is 21.3 Å². The highest BCUT2D eigenvalue weighted by Gasteiger charge is 1.83. The first-order valence-electron chi connectivity index (χ1n) is 4.45. The Morgan fingerprint density at radius 1 is 1.29 bits per heavy atom. The van der Waals surface area contributed by atoms with E-state index in [1.165, 1.54) is 5.52 Å². The lowest BCUT2D eigenvalue weighted by atomic mass is 10.4. The van der Waals surface area contributed by atoms with E-state index in [1.807, 2.05) is 30.6 Å². The van der Waals surface area contributed by atoms with E-state index in [1.54, 1.807) is 6.92 Å². The maximum atomic E-state index is 9.18. The number of pyridine rings is 1. The highest BCUT2D eigenvalue weighted by atomic mass is 16.5. The van der Waals surface area contributed by atoms with Gasteiger partial charge >= 0.3 is 0 Å². The fraction of sp³-hybridized carbons (Fsp3) is 0.182. The first-order chi connectivity index (χ1) is 6.88. The Labute approximate surface area is 82.9 Å². The minimum absolute atomic E-state index is 0.431. The molecule has 2 heterocycles. The van der Waals surface area contributed by atoms with Crippen LogP contribution in [0.2, 0.25) is 0 Å². The molecule has 0 N–H and O–H groups in total. The SMILES string of the molecule is CCOC=O.c1ccn2cccc2c1. The molecular formula is C11H13NO2. The second-order valence-corrected chi connectivity index (χ2v) is 2.59. The van der Waals surface area contributed by atoms with Crippen molar-refractivity contribution >= 4 is 12.0 Å². The van der Waals surface area contributed by atoms with Crippen molar-refractivity contribution in [3.05, 3.63) is 42.7 Å². The smallest absolute Gasteiger partial charge is 0.293 e. The summed E-state index contributed by atoms with van der Waals surface area (Å²) in [4.78, 5) is 9.18. The molecule has 0 radical (unpaired) electrons. The lowest BCUT2D eigenvalue weighted by Gasteiger charge is -1.88. The van der Waals surface area contributed by atoms with Crippen molar-refractivity contribution in [3.8, 4) is 0 Å². The zero-order valence-electron chi connectivity index (χ0n) is 8.09. The van der Waals surface area contributed by atoms with Crippen molar-refractivity contribution in [2.75, 3.05) is 6.61 Å². The summed E-state index contributed by atoms with van der Waals surface area (Å²) >= 11 is 0. The zero-order chi connectivity index (χ0) is 10.2. The topological polar surface area (TPSA) is 30.7 Å². The molecule has 0 aromatic carbocycles. The van der Waals surface area contributed by atoms with E-state index >= 15 is 0 Å². The molecule has 0 unspecified atom stereocenters. The average molecular weight is 191 g/mol. The molecule has 0 aliphatic rings. The number of nitrogens with zero attached hydrogens (tertiary/aromatic N) is 1. The van der Waals surface area contributed by atoms with E-state index in [0.717, 1.165) is 0 Å². The molecule has 0 aliphatic carbocycles. The van der Waals surface area contributed by atoms with Crippen LogP contribution in [0.5, 0.6) is 0 Å². The average Bonchev–Trinajstić information content (AvgIpc) is 2.67. The molecule has 2 aromatic heterocycles. The van der Waals surface area contributed by atoms with Gasteiger partial charge in [0.1, 0.15) is 0 Å². The number of rotatable bonds is 2. The fourth-order valence-corrected chi connectivity index (χ4v) is 1.05. The third kappa shape index (κ3) is 2.94. The lowest BCUT2D eigenvalue weighted by molar-refractivity contribution is -0.128. The van der Waals surface area contributed by atoms with Gasteiger partial charge in [-0.3, -0.25) is 4.79 Å². The van der Waals surface area contributed by atoms with Gasteiger partial charge in [0.2, 0.25) is 0 Å². The highest BCUT2D eigenvalue weighted by Crippen LogP contribution is 2.01. The number of carbonyl (C=O) groups excluding carboxylic acids is 1. The highest BCUT2D eigenvalue weighted by molar-refractivity contribution is 5.46. The van der Waals surface area contributed by atoms with Gasteiger partial charge in [-0.05, 0) is 31.2 Å². The van der Waals surface area contributed by atoms with Crippen molar-refractivity contribution in [2.45, 2.75) is 6.92 Å². The number of aromatic nitrogens is 1. The molecular weight excluding hydrogens is 178 g/mol. The Morgan fingerprint density at radius 2 is 2.00 bits per heavy atom. The number of ether oxygens (including phenoxy) is 1. The minimum atomic E-state index is 0.431. The zero-order valence-corrected chi connectivity index (χ0v) is 8.09. The largest absolute Gasteiger partial charge is 0.468 e. The van der Waals surface area contributed by atoms with Gasteiger partial charge in [-0.15, -0.1) is 0 Å². The monoisotopic (exact) mass is 191 g/mol. The molecule has 2 aromatic rings. The maximum Gasteiger partial charge on any atom is 0.293 e. The standard InChI is InChI=1S/C8H7N.C3H6O2/c1-2-6-9-7-3-5-8(9)4-1;1-2-5-3-4/h1-7H;3H,2H2,1H3. The Balaban J connectivity index is 0.000000171. The van der Waals surface area contributed by atoms with E-state index in [0.29, 0.717) is 13.1 Å². The normalized spacial score (nSPS) is 8.93. The summed E-state index contributed by atoms with van der Waals surface area (Å²) in [7, 11) is 0. The molecule has 0 amide bonds. The number of carbonyl (C=O) groups is 1. The van der Waals surface area contributed by atoms with Crippen LogP contribution in [0.25, 0.3) is 5.52 Å². The summed E-state index contributed by atoms with van der Waals surface area (Å²) in [5.41, 5.74) is 1.25. The predicted octanol–water partition coefficient (Wildman–Crippen LogP) is 2.12. The van der Waals surface area contributed by atoms with Crippen molar-refractivity contribution in [1.29, 1.82) is 0 Å². The maximum absolute atomic E-state index is 9.18. The number of hydrogen-bond acceptors (Lipinski definition) is 2. The molecule has 0 spiro atoms. The Kier molecular flexibility index (Phi) is 4.27. The summed E-state index contributed by atoms with van der Waals surface area (Å²) in [6.07, 6.45) is 4.07. The fourth-order valence-electron chi connectivity index (χ4n) is 1.05. The second-order valence-electron chi connectivity index (χ2n) is 2.59. The van der Waals surface area contributed by atoms with Crippen LogP contribution in [-0.2, 0) is 9.53 Å². The van der Waals surface area contributed by atoms with Crippen LogP contribution in [0.4, 0.5) is 0 Å². The van der Waals surface area contributed by atoms with Crippen molar-refractivity contribution in [2.24, 2.45) is 0 Å². The van der Waals surface area contributed by atoms with Crippen molar-refractivity contribution in [3.63, 3.8) is 0 Å². The quantitative estimate of drug-likeness (QED) is 0.681. The summed E-state index contributed by atoms with van der Waals surface area (Å²) in [5.74, 6) is 0. The van der Waals surface area contributed by atoms with Gasteiger partial charge in [-0.25, -0.2) is 0 Å². The first kappa shape index (κ1) is 10.3. The van der Waals surface area contributed by atoms with Gasteiger partial charge in [0.05, 0.1) is 6.61 Å². The molecule has 74 valence electrons. The van der Waals surface area contributed by atoms with Crippen LogP contribution < -0.4 is 0 Å². The lowest BCUT2D eigenvalue weighted by Crippen LogP contribution is -1.80. The van der Waals surface area contributed by atoms with E-state index in [-0.39, 0.29) is 0 Å². The molecule has 3 heteroatoms. The molecule has 3 nitrogen and oxygen atoms in total. The number of hydrogen-bond donors (Lipinski definition) is 0. The Hall–Kier alpha value is -1.77. The van der Waals surface area contributed by atoms with Crippen LogP contribution in [0, 0.1) is 0 Å². The van der Waals surface area contributed by atoms with Gasteiger partial charge in [0.15, 0.2) is 0 Å². The Bertz CT molecular complexity index is 351. The molecule has 0 saturated heterocycles. The molecule has 2 rings (SSSR count). The van der Waals surface area contributed by atoms with Gasteiger partial charge in [-0.2, -0.15) is 0 Å². The van der Waals surface area contributed by atoms with Gasteiger partial charge in [0.25, 0.3) is 6.47 Å². The van der Waals surface area contributed by atoms with Crippen LogP contribution in [0.3, 0.4) is 0 Å². The van der Waals surface area contributed by atoms with Crippen LogP contribution in [0.15, 0.2) is 42.7 Å². The number of fused-ring (bicyclic) bond motifs is 1. The van der Waals surface area contributed by atoms with E-state index in [9.17, 15) is 4.79 Å². The summed E-state index contributed by atoms with van der Waals surface area (Å²) in [5, 5.41) is 0. The summed E-state index contributed by atoms with van der Waals surface area (Å²) < 4.78 is 6.24. The molecule has 0 atom stereocenters. The van der Waals surface area contributed by atoms with Crippen molar-refractivity contribution in [1.82, 2.24) is 4.40 Å². The van der Waals surface area contributed by atoms with E-state index < -0.39 is 0 Å². The first-order valence-corrected chi connectivity index (χ1v) is 4.45. The van der Waals surface area contributed by atoms with E-state index in [4.69, 9.17) is 0 Å². The molecule has 0 fully saturated rings. The summed E-state index contributed by atoms with van der Waals surface area (Å²) in [6, 6.07) is 10.3. The van der Waals surface area contributed by atoms with Gasteiger partial charge in [-0.1, -0.05) is 6.07 Å². The van der Waals surface area contributed by atoms with Crippen molar-refractivity contribution < 1.29 is 9.53 Å². The molecule has 0 aliphatic heterocycles. The second kappa shape index (κ2) is 5.80. The molecule has 0 saturated carbocycles. The summed E-state index contributed by atoms with van der Waals surface area (Å²) in [6.45, 7) is 2.66. The van der Waals surface area contributed by atoms with Gasteiger partial charge in [0, 0.05) is 17.9 Å². The third-order valence-electron chi connectivity index (χ3n) is 1.67. The van der Waals surface area contributed by atoms with Gasteiger partial charge < -0.3 is 9.14 Å². The molecule has 14 heavy (non-hydrogen) atoms.